The van der Waals surface area contributed by atoms with E-state index in [1.807, 2.05) is 42.5 Å². The van der Waals surface area contributed by atoms with Gasteiger partial charge in [-0.3, -0.25) is 9.69 Å². The van der Waals surface area contributed by atoms with Crippen molar-refractivity contribution in [3.05, 3.63) is 119 Å². The Morgan fingerprint density at radius 2 is 1.57 bits per heavy atom. The number of nitrogens with zero attached hydrogens (tertiary/aromatic N) is 2. The molecule has 1 aromatic heterocycles. The van der Waals surface area contributed by atoms with Crippen molar-refractivity contribution in [1.82, 2.24) is 4.57 Å². The van der Waals surface area contributed by atoms with Crippen LogP contribution in [0, 0.1) is 6.92 Å². The van der Waals surface area contributed by atoms with Gasteiger partial charge in [-0.15, -0.1) is 0 Å². The zero-order chi connectivity index (χ0) is 23.9. The van der Waals surface area contributed by atoms with Crippen molar-refractivity contribution in [2.45, 2.75) is 13.5 Å². The van der Waals surface area contributed by atoms with E-state index >= 15 is 0 Å². The minimum atomic E-state index is -0.0771. The zero-order valence-electron chi connectivity index (χ0n) is 19.1. The first-order valence-corrected chi connectivity index (χ1v) is 12.7. The second-order valence-corrected chi connectivity index (χ2v) is 10.4. The van der Waals surface area contributed by atoms with E-state index < -0.39 is 0 Å². The summed E-state index contributed by atoms with van der Waals surface area (Å²) >= 11 is 7.04. The summed E-state index contributed by atoms with van der Waals surface area (Å²) in [6.45, 7) is 2.87. The molecule has 1 aliphatic rings. The lowest BCUT2D eigenvalue weighted by atomic mass is 10.1. The van der Waals surface area contributed by atoms with Gasteiger partial charge in [0.25, 0.3) is 5.91 Å². The Labute approximate surface area is 213 Å². The van der Waals surface area contributed by atoms with E-state index in [2.05, 4.69) is 72.3 Å². The fraction of sp³-hybridized carbons (Fsp3) is 0.0667. The minimum Gasteiger partial charge on any atom is -0.342 e. The molecule has 6 rings (SSSR count). The van der Waals surface area contributed by atoms with Gasteiger partial charge in [-0.25, -0.2) is 0 Å². The summed E-state index contributed by atoms with van der Waals surface area (Å²) in [7, 11) is 0. The van der Waals surface area contributed by atoms with Gasteiger partial charge in [-0.05, 0) is 36.1 Å². The number of thioether (sulfide) groups is 1. The van der Waals surface area contributed by atoms with Crippen molar-refractivity contribution < 1.29 is 4.79 Å². The van der Waals surface area contributed by atoms with Crippen LogP contribution in [0.3, 0.4) is 0 Å². The van der Waals surface area contributed by atoms with Crippen molar-refractivity contribution in [1.29, 1.82) is 0 Å². The number of carbonyl (C=O) groups is 1. The number of anilines is 1. The number of hydrogen-bond acceptors (Lipinski definition) is 3. The first-order chi connectivity index (χ1) is 17.1. The van der Waals surface area contributed by atoms with Crippen molar-refractivity contribution in [3.8, 4) is 0 Å². The average molecular weight is 491 g/mol. The number of para-hydroxylation sites is 1. The number of carbonyl (C=O) groups excluding carboxylic acids is 1. The molecule has 1 fully saturated rings. The molecule has 0 N–H and O–H groups in total. The molecule has 3 nitrogen and oxygen atoms in total. The summed E-state index contributed by atoms with van der Waals surface area (Å²) in [5.74, 6) is -0.0771. The molecule has 0 radical (unpaired) electrons. The van der Waals surface area contributed by atoms with Crippen LogP contribution in [0.2, 0.25) is 0 Å². The van der Waals surface area contributed by atoms with E-state index in [9.17, 15) is 4.79 Å². The van der Waals surface area contributed by atoms with Gasteiger partial charge in [0.15, 0.2) is 4.32 Å². The molecular weight excluding hydrogens is 468 g/mol. The maximum Gasteiger partial charge on any atom is 0.270 e. The molecule has 5 aromatic rings. The summed E-state index contributed by atoms with van der Waals surface area (Å²) in [5, 5.41) is 3.22. The second kappa shape index (κ2) is 8.84. The number of rotatable bonds is 4. The first-order valence-electron chi connectivity index (χ1n) is 11.5. The summed E-state index contributed by atoms with van der Waals surface area (Å²) < 4.78 is 2.80. The fourth-order valence-corrected chi connectivity index (χ4v) is 5.91. The Hall–Kier alpha value is -3.67. The fourth-order valence-electron chi connectivity index (χ4n) is 4.63. The zero-order valence-corrected chi connectivity index (χ0v) is 20.8. The normalized spacial score (nSPS) is 15.1. The number of fused-ring (bicyclic) bond motifs is 2. The lowest BCUT2D eigenvalue weighted by Gasteiger charge is -2.17. The largest absolute Gasteiger partial charge is 0.342 e. The SMILES string of the molecule is Cc1ccc(Cn2cc(/C=C3/SC(=S)N(c4cccc5ccccc45)C3=O)c3ccccc32)cc1. The van der Waals surface area contributed by atoms with Gasteiger partial charge in [0.05, 0.1) is 10.6 Å². The molecule has 170 valence electrons. The molecule has 4 aromatic carbocycles. The van der Waals surface area contributed by atoms with Crippen molar-refractivity contribution in [2.75, 3.05) is 4.90 Å². The highest BCUT2D eigenvalue weighted by Gasteiger charge is 2.34. The van der Waals surface area contributed by atoms with E-state index in [-0.39, 0.29) is 5.91 Å². The molecule has 5 heteroatoms. The average Bonchev–Trinajstić information content (AvgIpc) is 3.36. The molecule has 0 spiro atoms. The van der Waals surface area contributed by atoms with Crippen molar-refractivity contribution in [2.24, 2.45) is 0 Å². The predicted molar refractivity (Wildman–Crippen MR) is 152 cm³/mol. The Bertz CT molecular complexity index is 1640. The molecule has 0 atom stereocenters. The lowest BCUT2D eigenvalue weighted by molar-refractivity contribution is -0.113. The van der Waals surface area contributed by atoms with Crippen LogP contribution in [0.25, 0.3) is 27.8 Å². The van der Waals surface area contributed by atoms with Gasteiger partial charge in [0, 0.05) is 34.6 Å². The third-order valence-electron chi connectivity index (χ3n) is 6.38. The number of aryl methyl sites for hydroxylation is 1. The number of thiocarbonyl (C=S) groups is 1. The Morgan fingerprint density at radius 1 is 0.857 bits per heavy atom. The highest BCUT2D eigenvalue weighted by Crippen LogP contribution is 2.39. The van der Waals surface area contributed by atoms with E-state index in [1.165, 1.54) is 22.9 Å². The second-order valence-electron chi connectivity index (χ2n) is 8.73. The van der Waals surface area contributed by atoms with Crippen LogP contribution in [0.5, 0.6) is 0 Å². The van der Waals surface area contributed by atoms with Gasteiger partial charge in [-0.1, -0.05) is 108 Å². The van der Waals surface area contributed by atoms with Gasteiger partial charge in [0.2, 0.25) is 0 Å². The van der Waals surface area contributed by atoms with Gasteiger partial charge in [-0.2, -0.15) is 0 Å². The number of hydrogen-bond donors (Lipinski definition) is 0. The quantitative estimate of drug-likeness (QED) is 0.192. The standard InChI is InChI=1S/C30H22N2OS2/c1-20-13-15-21(16-14-20)18-31-19-23(25-10-4-5-11-26(25)31)17-28-29(33)32(30(34)35-28)27-12-6-8-22-7-2-3-9-24(22)27/h2-17,19H,18H2,1H3/b28-17+. The van der Waals surface area contributed by atoms with E-state index in [0.29, 0.717) is 9.23 Å². The van der Waals surface area contributed by atoms with Crippen LogP contribution in [-0.4, -0.2) is 14.8 Å². The topological polar surface area (TPSA) is 25.2 Å². The van der Waals surface area contributed by atoms with Crippen LogP contribution in [-0.2, 0) is 11.3 Å². The number of amides is 1. The first kappa shape index (κ1) is 21.8. The molecule has 1 saturated heterocycles. The third-order valence-corrected chi connectivity index (χ3v) is 7.68. The Morgan fingerprint density at radius 3 is 2.40 bits per heavy atom. The molecular formula is C30H22N2OS2. The monoisotopic (exact) mass is 490 g/mol. The molecule has 1 amide bonds. The maximum atomic E-state index is 13.6. The van der Waals surface area contributed by atoms with Crippen LogP contribution in [0.15, 0.2) is 102 Å². The number of aromatic nitrogens is 1. The summed E-state index contributed by atoms with van der Waals surface area (Å²) in [6, 6.07) is 31.0. The summed E-state index contributed by atoms with van der Waals surface area (Å²) in [5.41, 5.74) is 5.48. The molecule has 0 saturated carbocycles. The smallest absolute Gasteiger partial charge is 0.270 e. The van der Waals surface area contributed by atoms with E-state index in [0.717, 1.165) is 39.5 Å². The Balaban J connectivity index is 1.39. The van der Waals surface area contributed by atoms with Gasteiger partial charge < -0.3 is 4.57 Å². The molecule has 2 heterocycles. The predicted octanol–water partition coefficient (Wildman–Crippen LogP) is 7.56. The summed E-state index contributed by atoms with van der Waals surface area (Å²) in [4.78, 5) is 15.9. The highest BCUT2D eigenvalue weighted by molar-refractivity contribution is 8.27. The van der Waals surface area contributed by atoms with Crippen molar-refractivity contribution >= 4 is 67.6 Å². The summed E-state index contributed by atoms with van der Waals surface area (Å²) in [6.07, 6.45) is 4.12. The number of benzene rings is 4. The molecule has 0 aliphatic carbocycles. The molecule has 35 heavy (non-hydrogen) atoms. The van der Waals surface area contributed by atoms with Crippen LogP contribution < -0.4 is 4.90 Å². The van der Waals surface area contributed by atoms with Crippen LogP contribution in [0.4, 0.5) is 5.69 Å². The van der Waals surface area contributed by atoms with Gasteiger partial charge in [0.1, 0.15) is 0 Å². The molecule has 1 aliphatic heterocycles. The van der Waals surface area contributed by atoms with E-state index in [1.54, 1.807) is 4.90 Å². The van der Waals surface area contributed by atoms with Crippen LogP contribution in [0.1, 0.15) is 16.7 Å². The lowest BCUT2D eigenvalue weighted by Crippen LogP contribution is -2.27. The van der Waals surface area contributed by atoms with Gasteiger partial charge >= 0.3 is 0 Å². The van der Waals surface area contributed by atoms with E-state index in [4.69, 9.17) is 12.2 Å². The Kier molecular flexibility index (Phi) is 5.51. The minimum absolute atomic E-state index is 0.0771. The third kappa shape index (κ3) is 3.97. The van der Waals surface area contributed by atoms with Crippen LogP contribution >= 0.6 is 24.0 Å². The molecule has 0 bridgehead atoms. The van der Waals surface area contributed by atoms with Crippen molar-refractivity contribution in [3.63, 3.8) is 0 Å². The highest BCUT2D eigenvalue weighted by atomic mass is 32.2. The molecule has 0 unspecified atom stereocenters. The maximum absolute atomic E-state index is 13.6.